The Morgan fingerprint density at radius 3 is 2.53 bits per heavy atom. The Balaban J connectivity index is 1.43. The first-order valence-corrected chi connectivity index (χ1v) is 11.6. The lowest BCUT2D eigenvalue weighted by Gasteiger charge is -2.14. The fraction of sp³-hybridized carbons (Fsp3) is 0.200. The SMILES string of the molecule is COc1ccccc1-n1c(-c2cccc(C(=O)NCCCCN3C(=O)C=CC3=O)c2)csc1=O. The van der Waals surface area contributed by atoms with Crippen molar-refractivity contribution in [2.24, 2.45) is 0 Å². The van der Waals surface area contributed by atoms with Gasteiger partial charge in [0.2, 0.25) is 0 Å². The minimum Gasteiger partial charge on any atom is -0.495 e. The molecule has 2 heterocycles. The van der Waals surface area contributed by atoms with Gasteiger partial charge in [0, 0.05) is 41.7 Å². The molecule has 34 heavy (non-hydrogen) atoms. The van der Waals surface area contributed by atoms with Crippen molar-refractivity contribution in [2.75, 3.05) is 20.2 Å². The average Bonchev–Trinajstić information content (AvgIpc) is 3.40. The van der Waals surface area contributed by atoms with E-state index in [-0.39, 0.29) is 22.6 Å². The van der Waals surface area contributed by atoms with Crippen LogP contribution in [0, 0.1) is 0 Å². The Morgan fingerprint density at radius 2 is 1.76 bits per heavy atom. The number of amides is 3. The number of hydrogen-bond donors (Lipinski definition) is 1. The highest BCUT2D eigenvalue weighted by atomic mass is 32.1. The number of rotatable bonds is 9. The van der Waals surface area contributed by atoms with Crippen molar-refractivity contribution in [2.45, 2.75) is 12.8 Å². The first kappa shape index (κ1) is 23.2. The molecule has 0 atom stereocenters. The van der Waals surface area contributed by atoms with Crippen LogP contribution in [0.1, 0.15) is 23.2 Å². The molecule has 2 aromatic carbocycles. The number of carbonyl (C=O) groups is 3. The molecule has 4 rings (SSSR count). The molecule has 1 aromatic heterocycles. The molecule has 8 nitrogen and oxygen atoms in total. The molecular formula is C25H23N3O5S. The second-order valence-electron chi connectivity index (χ2n) is 7.60. The Labute approximate surface area is 200 Å². The van der Waals surface area contributed by atoms with Crippen LogP contribution in [0.2, 0.25) is 0 Å². The molecule has 174 valence electrons. The van der Waals surface area contributed by atoms with Crippen LogP contribution in [0.5, 0.6) is 5.75 Å². The molecule has 3 amide bonds. The van der Waals surface area contributed by atoms with Gasteiger partial charge in [0.05, 0.1) is 18.5 Å². The molecule has 0 radical (unpaired) electrons. The van der Waals surface area contributed by atoms with E-state index in [1.807, 2.05) is 24.3 Å². The van der Waals surface area contributed by atoms with E-state index in [1.165, 1.54) is 17.1 Å². The smallest absolute Gasteiger partial charge is 0.312 e. The van der Waals surface area contributed by atoms with E-state index in [4.69, 9.17) is 4.74 Å². The summed E-state index contributed by atoms with van der Waals surface area (Å²) in [7, 11) is 1.55. The number of aromatic nitrogens is 1. The molecule has 0 fully saturated rings. The molecule has 1 aliphatic heterocycles. The number of nitrogens with one attached hydrogen (secondary N) is 1. The third-order valence-corrected chi connectivity index (χ3v) is 6.16. The van der Waals surface area contributed by atoms with Gasteiger partial charge in [-0.25, -0.2) is 0 Å². The Hall–Kier alpha value is -3.98. The average molecular weight is 478 g/mol. The second-order valence-corrected chi connectivity index (χ2v) is 8.42. The predicted molar refractivity (Wildman–Crippen MR) is 129 cm³/mol. The van der Waals surface area contributed by atoms with E-state index < -0.39 is 0 Å². The van der Waals surface area contributed by atoms with E-state index >= 15 is 0 Å². The van der Waals surface area contributed by atoms with Gasteiger partial charge in [0.25, 0.3) is 17.7 Å². The molecule has 0 spiro atoms. The molecule has 0 saturated carbocycles. The standard InChI is InChI=1S/C25H23N3O5S/c1-33-21-10-3-2-9-19(21)28-20(16-34-25(28)32)17-7-6-8-18(15-17)24(31)26-13-4-5-14-27-22(29)11-12-23(27)30/h2-3,6-12,15-16H,4-5,13-14H2,1H3,(H,26,31). The number of imide groups is 1. The number of para-hydroxylation sites is 2. The van der Waals surface area contributed by atoms with Crippen LogP contribution < -0.4 is 14.9 Å². The number of methoxy groups -OCH3 is 1. The van der Waals surface area contributed by atoms with Gasteiger partial charge in [-0.05, 0) is 37.1 Å². The van der Waals surface area contributed by atoms with Gasteiger partial charge in [-0.2, -0.15) is 0 Å². The van der Waals surface area contributed by atoms with Gasteiger partial charge in [-0.3, -0.25) is 28.6 Å². The van der Waals surface area contributed by atoms with Crippen molar-refractivity contribution >= 4 is 29.1 Å². The number of nitrogens with zero attached hydrogens (tertiary/aromatic N) is 2. The van der Waals surface area contributed by atoms with E-state index in [0.29, 0.717) is 48.6 Å². The molecule has 0 aliphatic carbocycles. The van der Waals surface area contributed by atoms with E-state index in [1.54, 1.807) is 41.3 Å². The van der Waals surface area contributed by atoms with Crippen LogP contribution in [0.25, 0.3) is 16.9 Å². The topological polar surface area (TPSA) is 97.7 Å². The summed E-state index contributed by atoms with van der Waals surface area (Å²) >= 11 is 1.08. The van der Waals surface area contributed by atoms with Gasteiger partial charge >= 0.3 is 4.87 Å². The molecule has 0 saturated heterocycles. The lowest BCUT2D eigenvalue weighted by atomic mass is 10.1. The van der Waals surface area contributed by atoms with Crippen molar-refractivity contribution in [3.8, 4) is 22.7 Å². The third-order valence-electron chi connectivity index (χ3n) is 5.44. The lowest BCUT2D eigenvalue weighted by Crippen LogP contribution is -2.31. The first-order valence-electron chi connectivity index (χ1n) is 10.8. The van der Waals surface area contributed by atoms with E-state index in [9.17, 15) is 19.2 Å². The Morgan fingerprint density at radius 1 is 1.00 bits per heavy atom. The van der Waals surface area contributed by atoms with Crippen LogP contribution in [-0.2, 0) is 9.59 Å². The molecule has 0 bridgehead atoms. The summed E-state index contributed by atoms with van der Waals surface area (Å²) < 4.78 is 7.00. The molecule has 3 aromatic rings. The summed E-state index contributed by atoms with van der Waals surface area (Å²) in [5, 5.41) is 4.63. The highest BCUT2D eigenvalue weighted by molar-refractivity contribution is 7.07. The lowest BCUT2D eigenvalue weighted by molar-refractivity contribution is -0.136. The maximum absolute atomic E-state index is 12.7. The summed E-state index contributed by atoms with van der Waals surface area (Å²) in [5.74, 6) is -0.263. The van der Waals surface area contributed by atoms with Gasteiger partial charge in [0.1, 0.15) is 5.75 Å². The second kappa shape index (κ2) is 10.3. The number of benzene rings is 2. The van der Waals surface area contributed by atoms with E-state index in [0.717, 1.165) is 16.9 Å². The highest BCUT2D eigenvalue weighted by Gasteiger charge is 2.22. The quantitative estimate of drug-likeness (QED) is 0.377. The summed E-state index contributed by atoms with van der Waals surface area (Å²) in [6.45, 7) is 0.742. The van der Waals surface area contributed by atoms with Crippen molar-refractivity contribution < 1.29 is 19.1 Å². The Bertz CT molecular complexity index is 1310. The minimum atomic E-state index is -0.300. The molecule has 0 unspecified atom stereocenters. The maximum atomic E-state index is 12.7. The zero-order chi connectivity index (χ0) is 24.1. The first-order chi connectivity index (χ1) is 16.5. The van der Waals surface area contributed by atoms with Gasteiger partial charge in [-0.1, -0.05) is 35.6 Å². The minimum absolute atomic E-state index is 0.153. The zero-order valence-electron chi connectivity index (χ0n) is 18.5. The normalized spacial score (nSPS) is 12.9. The van der Waals surface area contributed by atoms with Crippen LogP contribution in [0.15, 0.2) is 70.9 Å². The fourth-order valence-corrected chi connectivity index (χ4v) is 4.48. The number of thiazole rings is 1. The van der Waals surface area contributed by atoms with E-state index in [2.05, 4.69) is 5.32 Å². The van der Waals surface area contributed by atoms with Crippen molar-refractivity contribution in [1.29, 1.82) is 0 Å². The Kier molecular flexibility index (Phi) is 7.03. The largest absolute Gasteiger partial charge is 0.495 e. The summed E-state index contributed by atoms with van der Waals surface area (Å²) in [5.41, 5.74) is 2.50. The molecule has 9 heteroatoms. The fourth-order valence-electron chi connectivity index (χ4n) is 3.72. The number of hydrogen-bond acceptors (Lipinski definition) is 6. The van der Waals surface area contributed by atoms with Gasteiger partial charge in [0.15, 0.2) is 0 Å². The summed E-state index contributed by atoms with van der Waals surface area (Å²) in [4.78, 5) is 49.5. The molecule has 1 aliphatic rings. The highest BCUT2D eigenvalue weighted by Crippen LogP contribution is 2.29. The monoisotopic (exact) mass is 477 g/mol. The molecular weight excluding hydrogens is 454 g/mol. The summed E-state index contributed by atoms with van der Waals surface area (Å²) in [6.07, 6.45) is 3.75. The van der Waals surface area contributed by atoms with Crippen molar-refractivity contribution in [1.82, 2.24) is 14.8 Å². The number of carbonyl (C=O) groups excluding carboxylic acids is 3. The summed E-state index contributed by atoms with van der Waals surface area (Å²) in [6, 6.07) is 14.4. The number of unbranched alkanes of at least 4 members (excludes halogenated alkanes) is 1. The zero-order valence-corrected chi connectivity index (χ0v) is 19.3. The van der Waals surface area contributed by atoms with Gasteiger partial charge < -0.3 is 10.1 Å². The van der Waals surface area contributed by atoms with Gasteiger partial charge in [-0.15, -0.1) is 0 Å². The maximum Gasteiger partial charge on any atom is 0.312 e. The van der Waals surface area contributed by atoms with Crippen LogP contribution in [-0.4, -0.2) is 47.4 Å². The predicted octanol–water partition coefficient (Wildman–Crippen LogP) is 3.01. The van der Waals surface area contributed by atoms with Crippen molar-refractivity contribution in [3.63, 3.8) is 0 Å². The van der Waals surface area contributed by atoms with Crippen LogP contribution >= 0.6 is 11.3 Å². The number of ether oxygens (including phenoxy) is 1. The third kappa shape index (κ3) is 4.84. The van der Waals surface area contributed by atoms with Crippen molar-refractivity contribution in [3.05, 3.63) is 81.3 Å². The van der Waals surface area contributed by atoms with Crippen LogP contribution in [0.4, 0.5) is 0 Å². The van der Waals surface area contributed by atoms with Crippen LogP contribution in [0.3, 0.4) is 0 Å². The molecule has 1 N–H and O–H groups in total.